The Labute approximate surface area is 94.3 Å². The van der Waals surface area contributed by atoms with Crippen molar-refractivity contribution in [2.75, 3.05) is 31.2 Å². The Bertz CT molecular complexity index is 464. The zero-order valence-electron chi connectivity index (χ0n) is 8.81. The van der Waals surface area contributed by atoms with Crippen molar-refractivity contribution in [1.82, 2.24) is 0 Å². The van der Waals surface area contributed by atoms with Gasteiger partial charge in [0.25, 0.3) is 0 Å². The summed E-state index contributed by atoms with van der Waals surface area (Å²) in [4.78, 5) is 2.16. The van der Waals surface area contributed by atoms with E-state index in [1.54, 1.807) is 12.1 Å². The molecule has 0 N–H and O–H groups in total. The van der Waals surface area contributed by atoms with Crippen LogP contribution in [0, 0.1) is 22.7 Å². The number of anilines is 1. The number of ether oxygens (including phenoxy) is 1. The maximum absolute atomic E-state index is 8.93. The quantitative estimate of drug-likeness (QED) is 0.704. The van der Waals surface area contributed by atoms with Crippen molar-refractivity contribution < 1.29 is 4.74 Å². The van der Waals surface area contributed by atoms with Crippen LogP contribution in [0.25, 0.3) is 0 Å². The minimum absolute atomic E-state index is 0.430. The number of hydrogen-bond acceptors (Lipinski definition) is 4. The van der Waals surface area contributed by atoms with Gasteiger partial charge in [-0.05, 0) is 18.2 Å². The largest absolute Gasteiger partial charge is 0.378 e. The van der Waals surface area contributed by atoms with Crippen molar-refractivity contribution in [2.45, 2.75) is 0 Å². The summed E-state index contributed by atoms with van der Waals surface area (Å²) < 4.78 is 5.26. The van der Waals surface area contributed by atoms with E-state index in [4.69, 9.17) is 15.3 Å². The average Bonchev–Trinajstić information content (AvgIpc) is 2.39. The van der Waals surface area contributed by atoms with Crippen LogP contribution in [0.3, 0.4) is 0 Å². The van der Waals surface area contributed by atoms with Crippen molar-refractivity contribution in [3.63, 3.8) is 0 Å². The lowest BCUT2D eigenvalue weighted by Crippen LogP contribution is -2.36. The molecule has 16 heavy (non-hydrogen) atoms. The lowest BCUT2D eigenvalue weighted by Gasteiger charge is -2.28. The minimum Gasteiger partial charge on any atom is -0.378 e. The molecule has 1 aliphatic heterocycles. The van der Waals surface area contributed by atoms with Gasteiger partial charge < -0.3 is 9.64 Å². The second-order valence-corrected chi connectivity index (χ2v) is 3.55. The monoisotopic (exact) mass is 213 g/mol. The molecule has 1 aromatic carbocycles. The van der Waals surface area contributed by atoms with Crippen molar-refractivity contribution in [2.24, 2.45) is 0 Å². The fourth-order valence-electron chi connectivity index (χ4n) is 1.74. The van der Waals surface area contributed by atoms with Crippen molar-refractivity contribution in [1.29, 1.82) is 10.5 Å². The molecule has 4 heteroatoms. The first-order valence-corrected chi connectivity index (χ1v) is 5.12. The molecule has 2 rings (SSSR count). The van der Waals surface area contributed by atoms with E-state index in [0.717, 1.165) is 18.8 Å². The first-order chi connectivity index (χ1) is 7.85. The highest BCUT2D eigenvalue weighted by Gasteiger charge is 2.12. The van der Waals surface area contributed by atoms with Gasteiger partial charge in [0.05, 0.1) is 24.3 Å². The molecule has 0 unspecified atom stereocenters. The van der Waals surface area contributed by atoms with Crippen LogP contribution in [0.1, 0.15) is 11.1 Å². The van der Waals surface area contributed by atoms with Crippen LogP contribution in [-0.4, -0.2) is 26.3 Å². The molecular weight excluding hydrogens is 202 g/mol. The van der Waals surface area contributed by atoms with Gasteiger partial charge in [0.1, 0.15) is 12.1 Å². The van der Waals surface area contributed by atoms with Gasteiger partial charge in [-0.1, -0.05) is 0 Å². The molecule has 0 aliphatic carbocycles. The van der Waals surface area contributed by atoms with Crippen LogP contribution in [0.4, 0.5) is 5.69 Å². The molecule has 1 saturated heterocycles. The maximum atomic E-state index is 8.93. The van der Waals surface area contributed by atoms with Gasteiger partial charge >= 0.3 is 0 Å². The van der Waals surface area contributed by atoms with Gasteiger partial charge in [-0.2, -0.15) is 10.5 Å². The van der Waals surface area contributed by atoms with Crippen LogP contribution < -0.4 is 4.90 Å². The van der Waals surface area contributed by atoms with E-state index in [1.807, 2.05) is 18.2 Å². The molecule has 0 spiro atoms. The van der Waals surface area contributed by atoms with Gasteiger partial charge in [0.15, 0.2) is 0 Å². The van der Waals surface area contributed by atoms with Gasteiger partial charge in [0.2, 0.25) is 0 Å². The molecule has 0 saturated carbocycles. The molecule has 0 radical (unpaired) electrons. The van der Waals surface area contributed by atoms with E-state index < -0.39 is 0 Å². The van der Waals surface area contributed by atoms with Crippen LogP contribution in [0.2, 0.25) is 0 Å². The number of benzene rings is 1. The van der Waals surface area contributed by atoms with Crippen LogP contribution in [0.15, 0.2) is 18.2 Å². The van der Waals surface area contributed by atoms with Crippen molar-refractivity contribution in [3.8, 4) is 12.1 Å². The van der Waals surface area contributed by atoms with Crippen molar-refractivity contribution >= 4 is 5.69 Å². The number of hydrogen-bond donors (Lipinski definition) is 0. The molecule has 0 bridgehead atoms. The summed E-state index contributed by atoms with van der Waals surface area (Å²) in [5.41, 5.74) is 1.85. The second-order valence-electron chi connectivity index (χ2n) is 3.55. The van der Waals surface area contributed by atoms with E-state index >= 15 is 0 Å². The summed E-state index contributed by atoms with van der Waals surface area (Å²) in [5.74, 6) is 0. The summed E-state index contributed by atoms with van der Waals surface area (Å²) in [7, 11) is 0. The normalized spacial score (nSPS) is 15.2. The molecule has 80 valence electrons. The topological polar surface area (TPSA) is 60.1 Å². The van der Waals surface area contributed by atoms with Gasteiger partial charge in [-0.25, -0.2) is 0 Å². The molecular formula is C12H11N3O. The van der Waals surface area contributed by atoms with Crippen LogP contribution in [-0.2, 0) is 4.74 Å². The predicted octanol–water partition coefficient (Wildman–Crippen LogP) is 1.27. The highest BCUT2D eigenvalue weighted by Crippen LogP contribution is 2.19. The fraction of sp³-hybridized carbons (Fsp3) is 0.333. The van der Waals surface area contributed by atoms with E-state index in [1.165, 1.54) is 0 Å². The third-order valence-corrected chi connectivity index (χ3v) is 2.62. The summed E-state index contributed by atoms with van der Waals surface area (Å²) in [5, 5.41) is 17.7. The van der Waals surface area contributed by atoms with Gasteiger partial charge in [-0.15, -0.1) is 0 Å². The van der Waals surface area contributed by atoms with E-state index in [9.17, 15) is 0 Å². The van der Waals surface area contributed by atoms with Gasteiger partial charge in [-0.3, -0.25) is 0 Å². The average molecular weight is 213 g/mol. The molecule has 1 aliphatic rings. The predicted molar refractivity (Wildman–Crippen MR) is 58.9 cm³/mol. The summed E-state index contributed by atoms with van der Waals surface area (Å²) in [6.07, 6.45) is 0. The Morgan fingerprint density at radius 2 is 1.75 bits per heavy atom. The highest BCUT2D eigenvalue weighted by molar-refractivity contribution is 5.57. The number of nitriles is 2. The van der Waals surface area contributed by atoms with E-state index in [2.05, 4.69) is 4.90 Å². The third kappa shape index (κ3) is 1.98. The van der Waals surface area contributed by atoms with Gasteiger partial charge in [0, 0.05) is 18.8 Å². The standard InChI is InChI=1S/C12H11N3O/c13-8-10-1-2-12(7-11(10)9-14)15-3-5-16-6-4-15/h1-2,7H,3-6H2. The molecule has 0 amide bonds. The molecule has 0 aromatic heterocycles. The fourth-order valence-corrected chi connectivity index (χ4v) is 1.74. The minimum atomic E-state index is 0.430. The molecule has 1 fully saturated rings. The zero-order valence-corrected chi connectivity index (χ0v) is 8.81. The first-order valence-electron chi connectivity index (χ1n) is 5.12. The second kappa shape index (κ2) is 4.65. The SMILES string of the molecule is N#Cc1ccc(N2CCOCC2)cc1C#N. The lowest BCUT2D eigenvalue weighted by molar-refractivity contribution is 0.122. The Hall–Kier alpha value is -2.04. The first kappa shape index (κ1) is 10.5. The lowest BCUT2D eigenvalue weighted by atomic mass is 10.1. The third-order valence-electron chi connectivity index (χ3n) is 2.62. The summed E-state index contributed by atoms with van der Waals surface area (Å²) >= 11 is 0. The Morgan fingerprint density at radius 3 is 2.38 bits per heavy atom. The van der Waals surface area contributed by atoms with E-state index in [-0.39, 0.29) is 0 Å². The Balaban J connectivity index is 2.29. The molecule has 0 atom stereocenters. The van der Waals surface area contributed by atoms with Crippen LogP contribution in [0.5, 0.6) is 0 Å². The zero-order chi connectivity index (χ0) is 11.4. The number of nitrogens with zero attached hydrogens (tertiary/aromatic N) is 3. The summed E-state index contributed by atoms with van der Waals surface area (Å²) in [6, 6.07) is 9.40. The number of morpholine rings is 1. The van der Waals surface area contributed by atoms with Crippen molar-refractivity contribution in [3.05, 3.63) is 29.3 Å². The van der Waals surface area contributed by atoms with E-state index in [0.29, 0.717) is 24.3 Å². The smallest absolute Gasteiger partial charge is 0.101 e. The maximum Gasteiger partial charge on any atom is 0.101 e. The summed E-state index contributed by atoms with van der Waals surface area (Å²) in [6.45, 7) is 3.08. The Morgan fingerprint density at radius 1 is 1.06 bits per heavy atom. The highest BCUT2D eigenvalue weighted by atomic mass is 16.5. The molecule has 4 nitrogen and oxygen atoms in total. The number of rotatable bonds is 1. The molecule has 1 heterocycles. The Kier molecular flexibility index (Phi) is 3.05. The van der Waals surface area contributed by atoms with Crippen LogP contribution >= 0.6 is 0 Å². The molecule has 1 aromatic rings.